The van der Waals surface area contributed by atoms with E-state index in [2.05, 4.69) is 106 Å². The predicted octanol–water partition coefficient (Wildman–Crippen LogP) is 6.21. The topological polar surface area (TPSA) is 33.5 Å². The molecule has 0 bridgehead atoms. The summed E-state index contributed by atoms with van der Waals surface area (Å²) in [5.41, 5.74) is 7.02. The van der Waals surface area contributed by atoms with E-state index in [0.717, 1.165) is 43.1 Å². The molecule has 0 atom stereocenters. The number of unbranched alkanes of at least 4 members (excludes halogenated alkanes) is 4. The van der Waals surface area contributed by atoms with Crippen molar-refractivity contribution in [2.24, 2.45) is 0 Å². The molecule has 4 nitrogen and oxygen atoms in total. The fourth-order valence-electron chi connectivity index (χ4n) is 4.43. The molecule has 4 heterocycles. The first-order valence-corrected chi connectivity index (χ1v) is 13.8. The lowest BCUT2D eigenvalue weighted by Gasteiger charge is -2.05. The van der Waals surface area contributed by atoms with Crippen LogP contribution in [0.4, 0.5) is 0 Å². The molecule has 4 aromatic rings. The van der Waals surface area contributed by atoms with Gasteiger partial charge in [0.25, 0.3) is 0 Å². The average Bonchev–Trinajstić information content (AvgIpc) is 2.92. The molecule has 0 N–H and O–H groups in total. The summed E-state index contributed by atoms with van der Waals surface area (Å²) in [7, 11) is 0. The van der Waals surface area contributed by atoms with Crippen LogP contribution < -0.4 is 9.13 Å². The number of aryl methyl sites for hydroxylation is 4. The minimum atomic E-state index is 0.954. The molecule has 0 aliphatic carbocycles. The van der Waals surface area contributed by atoms with E-state index in [4.69, 9.17) is 0 Å². The van der Waals surface area contributed by atoms with Gasteiger partial charge in [0.05, 0.1) is 11.4 Å². The second-order valence-electron chi connectivity index (χ2n) is 9.51. The number of hydrogen-bond acceptors (Lipinski definition) is 3. The monoisotopic (exact) mass is 498 g/mol. The molecule has 4 rings (SSSR count). The van der Waals surface area contributed by atoms with Crippen molar-refractivity contribution in [2.75, 3.05) is 5.75 Å². The van der Waals surface area contributed by atoms with Crippen molar-refractivity contribution in [3.05, 3.63) is 96.8 Å². The van der Waals surface area contributed by atoms with Crippen molar-refractivity contribution in [1.29, 1.82) is 0 Å². The van der Waals surface area contributed by atoms with Crippen molar-refractivity contribution >= 4 is 12.6 Å². The van der Waals surface area contributed by atoms with Crippen LogP contribution in [0.15, 0.2) is 85.7 Å². The Kier molecular flexibility index (Phi) is 10.0. The number of aromatic nitrogens is 4. The molecular formula is C31H38N4S+2. The quantitative estimate of drug-likeness (QED) is 0.135. The van der Waals surface area contributed by atoms with Crippen molar-refractivity contribution < 1.29 is 9.13 Å². The lowest BCUT2D eigenvalue weighted by molar-refractivity contribution is -0.697. The number of nitrogens with zero attached hydrogens (tertiary/aromatic N) is 4. The van der Waals surface area contributed by atoms with Crippen LogP contribution in [0.5, 0.6) is 0 Å². The largest absolute Gasteiger partial charge is 0.255 e. The second kappa shape index (κ2) is 13.9. The SMILES string of the molecule is Cc1ccnc(-c2cc(CCCCCC[n+]3ccc(-c4cc[n+](CCCCS)cc4)cc3)ccn2)c1. The van der Waals surface area contributed by atoms with Gasteiger partial charge in [-0.05, 0) is 84.9 Å². The van der Waals surface area contributed by atoms with Crippen LogP contribution in [-0.2, 0) is 19.5 Å². The maximum absolute atomic E-state index is 4.52. The highest BCUT2D eigenvalue weighted by atomic mass is 32.1. The molecule has 0 aliphatic heterocycles. The van der Waals surface area contributed by atoms with E-state index in [1.165, 1.54) is 54.4 Å². The first-order valence-electron chi connectivity index (χ1n) is 13.2. The van der Waals surface area contributed by atoms with Crippen molar-refractivity contribution in [3.63, 3.8) is 0 Å². The van der Waals surface area contributed by atoms with Gasteiger partial charge < -0.3 is 0 Å². The zero-order valence-electron chi connectivity index (χ0n) is 21.4. The maximum Gasteiger partial charge on any atom is 0.169 e. The van der Waals surface area contributed by atoms with Crippen LogP contribution in [0.2, 0.25) is 0 Å². The van der Waals surface area contributed by atoms with Gasteiger partial charge in [-0.15, -0.1) is 0 Å². The number of hydrogen-bond donors (Lipinski definition) is 1. The molecule has 186 valence electrons. The van der Waals surface area contributed by atoms with Crippen molar-refractivity contribution in [2.45, 2.75) is 65.0 Å². The summed E-state index contributed by atoms with van der Waals surface area (Å²) >= 11 is 4.29. The molecule has 0 fully saturated rings. The Morgan fingerprint density at radius 1 is 0.639 bits per heavy atom. The van der Waals surface area contributed by atoms with Gasteiger partial charge in [-0.25, -0.2) is 9.13 Å². The first-order chi connectivity index (χ1) is 17.7. The van der Waals surface area contributed by atoms with E-state index < -0.39 is 0 Å². The first kappa shape index (κ1) is 26.0. The van der Waals surface area contributed by atoms with Crippen LogP contribution in [0, 0.1) is 6.92 Å². The van der Waals surface area contributed by atoms with Gasteiger partial charge in [-0.2, -0.15) is 12.6 Å². The zero-order chi connectivity index (χ0) is 25.0. The smallest absolute Gasteiger partial charge is 0.169 e. The van der Waals surface area contributed by atoms with E-state index in [-0.39, 0.29) is 0 Å². The lowest BCUT2D eigenvalue weighted by atomic mass is 10.1. The summed E-state index contributed by atoms with van der Waals surface area (Å²) in [5, 5.41) is 0. The summed E-state index contributed by atoms with van der Waals surface area (Å²) < 4.78 is 4.55. The summed E-state index contributed by atoms with van der Waals surface area (Å²) in [5.74, 6) is 0.960. The summed E-state index contributed by atoms with van der Waals surface area (Å²) in [6.07, 6.45) is 20.9. The van der Waals surface area contributed by atoms with Gasteiger partial charge in [-0.1, -0.05) is 6.42 Å². The molecule has 0 aromatic carbocycles. The molecule has 0 unspecified atom stereocenters. The van der Waals surface area contributed by atoms with E-state index in [1.807, 2.05) is 18.5 Å². The molecule has 0 saturated carbocycles. The highest BCUT2D eigenvalue weighted by molar-refractivity contribution is 7.80. The van der Waals surface area contributed by atoms with Gasteiger partial charge in [0.2, 0.25) is 0 Å². The zero-order valence-corrected chi connectivity index (χ0v) is 22.3. The average molecular weight is 499 g/mol. The Hall–Kier alpha value is -3.05. The maximum atomic E-state index is 4.52. The number of pyridine rings is 4. The molecule has 0 radical (unpaired) electrons. The third-order valence-corrected chi connectivity index (χ3v) is 6.89. The molecule has 4 aromatic heterocycles. The molecule has 5 heteroatoms. The minimum Gasteiger partial charge on any atom is -0.255 e. The fraction of sp³-hybridized carbons (Fsp3) is 0.355. The van der Waals surface area contributed by atoms with Crippen molar-refractivity contribution in [1.82, 2.24) is 9.97 Å². The third-order valence-electron chi connectivity index (χ3n) is 6.57. The lowest BCUT2D eigenvalue weighted by Crippen LogP contribution is -2.33. The van der Waals surface area contributed by atoms with Crippen LogP contribution in [0.25, 0.3) is 22.5 Å². The van der Waals surface area contributed by atoms with Gasteiger partial charge in [0.1, 0.15) is 13.1 Å². The Morgan fingerprint density at radius 3 is 1.81 bits per heavy atom. The molecule has 0 amide bonds. The number of rotatable bonds is 13. The Balaban J connectivity index is 1.17. The molecule has 36 heavy (non-hydrogen) atoms. The van der Waals surface area contributed by atoms with Gasteiger partial charge in [0.15, 0.2) is 24.8 Å². The van der Waals surface area contributed by atoms with E-state index in [1.54, 1.807) is 0 Å². The molecule has 0 saturated heterocycles. The summed E-state index contributed by atoms with van der Waals surface area (Å²) in [6, 6.07) is 17.3. The van der Waals surface area contributed by atoms with Crippen LogP contribution in [0.3, 0.4) is 0 Å². The van der Waals surface area contributed by atoms with Crippen molar-refractivity contribution in [3.8, 4) is 22.5 Å². The van der Waals surface area contributed by atoms with Crippen LogP contribution >= 0.6 is 12.6 Å². The Morgan fingerprint density at radius 2 is 1.19 bits per heavy atom. The molecular weight excluding hydrogens is 460 g/mol. The predicted molar refractivity (Wildman–Crippen MR) is 150 cm³/mol. The number of thiol groups is 1. The van der Waals surface area contributed by atoms with E-state index >= 15 is 0 Å². The van der Waals surface area contributed by atoms with Gasteiger partial charge >= 0.3 is 0 Å². The van der Waals surface area contributed by atoms with Crippen LogP contribution in [0.1, 0.15) is 49.7 Å². The molecule has 0 aliphatic rings. The van der Waals surface area contributed by atoms with Gasteiger partial charge in [0, 0.05) is 49.5 Å². The van der Waals surface area contributed by atoms with Gasteiger partial charge in [-0.3, -0.25) is 9.97 Å². The van der Waals surface area contributed by atoms with Crippen LogP contribution in [-0.4, -0.2) is 15.7 Å². The van der Waals surface area contributed by atoms with E-state index in [0.29, 0.717) is 0 Å². The fourth-order valence-corrected chi connectivity index (χ4v) is 4.65. The highest BCUT2D eigenvalue weighted by Gasteiger charge is 2.07. The Labute approximate surface area is 221 Å². The Bertz CT molecular complexity index is 1210. The molecule has 0 spiro atoms. The van der Waals surface area contributed by atoms with E-state index in [9.17, 15) is 0 Å². The third kappa shape index (κ3) is 7.99. The second-order valence-corrected chi connectivity index (χ2v) is 9.96. The summed E-state index contributed by atoms with van der Waals surface area (Å²) in [4.78, 5) is 8.99. The summed E-state index contributed by atoms with van der Waals surface area (Å²) in [6.45, 7) is 4.22. The minimum absolute atomic E-state index is 0.954. The normalized spacial score (nSPS) is 11.1. The standard InChI is InChI=1S/C31H37N4S/c1-26-9-15-32-30(24-26)31-25-27(10-16-33-31)8-4-2-3-5-17-34-19-11-28(12-20-34)29-13-21-35(22-14-29)18-6-7-23-36/h9-16,19-22,24-25H,2-8,17-18,23H2,1H3/q+1/p+1. The highest BCUT2D eigenvalue weighted by Crippen LogP contribution is 2.18.